The topological polar surface area (TPSA) is 51.2 Å². The molecule has 1 amide bonds. The second-order valence-corrected chi connectivity index (χ2v) is 6.80. The largest absolute Gasteiger partial charge is 0.497 e. The third kappa shape index (κ3) is 4.58. The highest BCUT2D eigenvalue weighted by molar-refractivity contribution is 7.15. The Kier molecular flexibility index (Phi) is 5.81. The van der Waals surface area contributed by atoms with Crippen LogP contribution in [0.4, 0.5) is 0 Å². The molecule has 3 aromatic rings. The van der Waals surface area contributed by atoms with Gasteiger partial charge in [0.1, 0.15) is 10.8 Å². The first kappa shape index (κ1) is 17.9. The summed E-state index contributed by atoms with van der Waals surface area (Å²) in [5, 5.41) is 3.89. The molecular weight excluding hydrogens is 344 g/mol. The molecule has 0 unspecified atom stereocenters. The van der Waals surface area contributed by atoms with Gasteiger partial charge >= 0.3 is 0 Å². The number of benzene rings is 2. The number of rotatable bonds is 6. The van der Waals surface area contributed by atoms with Crippen LogP contribution in [0.1, 0.15) is 16.1 Å². The van der Waals surface area contributed by atoms with E-state index in [1.807, 2.05) is 61.5 Å². The smallest absolute Gasteiger partial charge is 0.244 e. The molecule has 5 heteroatoms. The summed E-state index contributed by atoms with van der Waals surface area (Å²) in [5.74, 6) is 0.663. The molecule has 1 heterocycles. The molecule has 0 aliphatic rings. The van der Waals surface area contributed by atoms with Crippen LogP contribution < -0.4 is 10.1 Å². The van der Waals surface area contributed by atoms with E-state index in [-0.39, 0.29) is 5.91 Å². The molecule has 1 aromatic heterocycles. The molecule has 0 spiro atoms. The highest BCUT2D eigenvalue weighted by atomic mass is 32.1. The highest BCUT2D eigenvalue weighted by Crippen LogP contribution is 2.27. The third-order valence-corrected chi connectivity index (χ3v) is 5.09. The summed E-state index contributed by atoms with van der Waals surface area (Å²) >= 11 is 1.61. The number of carbonyl (C=O) groups excluding carboxylic acids is 1. The van der Waals surface area contributed by atoms with E-state index < -0.39 is 0 Å². The highest BCUT2D eigenvalue weighted by Gasteiger charge is 2.09. The van der Waals surface area contributed by atoms with Gasteiger partial charge in [-0.3, -0.25) is 4.79 Å². The molecule has 0 fully saturated rings. The Morgan fingerprint density at radius 2 is 1.88 bits per heavy atom. The number of aryl methyl sites for hydroxylation is 1. The number of amides is 1. The number of hydrogen-bond donors (Lipinski definition) is 1. The van der Waals surface area contributed by atoms with Crippen LogP contribution in [0.15, 0.2) is 60.7 Å². The number of nitrogens with one attached hydrogen (secondary N) is 1. The molecule has 132 valence electrons. The van der Waals surface area contributed by atoms with Gasteiger partial charge in [-0.2, -0.15) is 0 Å². The number of thiazole rings is 1. The summed E-state index contributed by atoms with van der Waals surface area (Å²) in [6, 6.07) is 17.6. The average Bonchev–Trinajstić information content (AvgIpc) is 3.06. The fraction of sp³-hybridized carbons (Fsp3) is 0.143. The molecule has 0 bridgehead atoms. The first-order valence-electron chi connectivity index (χ1n) is 8.27. The molecule has 0 saturated heterocycles. The number of carbonyl (C=O) groups is 1. The van der Waals surface area contributed by atoms with Crippen molar-refractivity contribution >= 4 is 23.3 Å². The summed E-state index contributed by atoms with van der Waals surface area (Å²) in [6.07, 6.45) is 3.32. The maximum Gasteiger partial charge on any atom is 0.244 e. The Balaban J connectivity index is 1.59. The van der Waals surface area contributed by atoms with Crippen molar-refractivity contribution in [2.75, 3.05) is 7.11 Å². The molecule has 0 radical (unpaired) electrons. The van der Waals surface area contributed by atoms with Gasteiger partial charge in [0.15, 0.2) is 0 Å². The number of aromatic nitrogens is 1. The van der Waals surface area contributed by atoms with Crippen LogP contribution in [-0.2, 0) is 11.3 Å². The van der Waals surface area contributed by atoms with E-state index in [2.05, 4.69) is 10.3 Å². The molecule has 0 atom stereocenters. The Morgan fingerprint density at radius 3 is 2.58 bits per heavy atom. The summed E-state index contributed by atoms with van der Waals surface area (Å²) in [6.45, 7) is 2.44. The molecule has 0 aliphatic heterocycles. The number of methoxy groups -OCH3 is 1. The average molecular weight is 364 g/mol. The van der Waals surface area contributed by atoms with Crippen LogP contribution in [0.2, 0.25) is 0 Å². The van der Waals surface area contributed by atoms with Crippen molar-refractivity contribution < 1.29 is 9.53 Å². The van der Waals surface area contributed by atoms with Crippen LogP contribution in [0.3, 0.4) is 0 Å². The lowest BCUT2D eigenvalue weighted by Gasteiger charge is -2.01. The quantitative estimate of drug-likeness (QED) is 0.657. The Bertz CT molecular complexity index is 900. The van der Waals surface area contributed by atoms with Gasteiger partial charge in [0.05, 0.1) is 19.3 Å². The molecular formula is C21H20N2O2S. The first-order chi connectivity index (χ1) is 12.7. The maximum atomic E-state index is 12.1. The molecule has 1 N–H and O–H groups in total. The Morgan fingerprint density at radius 1 is 1.15 bits per heavy atom. The molecule has 4 nitrogen and oxygen atoms in total. The summed E-state index contributed by atoms with van der Waals surface area (Å²) in [5.41, 5.74) is 2.99. The van der Waals surface area contributed by atoms with Crippen LogP contribution in [-0.4, -0.2) is 18.0 Å². The lowest BCUT2D eigenvalue weighted by molar-refractivity contribution is -0.116. The van der Waals surface area contributed by atoms with Crippen molar-refractivity contribution in [3.8, 4) is 16.3 Å². The van der Waals surface area contributed by atoms with Crippen LogP contribution in [0.5, 0.6) is 5.75 Å². The van der Waals surface area contributed by atoms with Crippen molar-refractivity contribution in [3.63, 3.8) is 0 Å². The van der Waals surface area contributed by atoms with Gasteiger partial charge in [-0.25, -0.2) is 4.98 Å². The Labute approximate surface area is 157 Å². The van der Waals surface area contributed by atoms with E-state index in [1.165, 1.54) is 6.08 Å². The van der Waals surface area contributed by atoms with E-state index in [1.54, 1.807) is 24.5 Å². The van der Waals surface area contributed by atoms with Crippen molar-refractivity contribution in [3.05, 3.63) is 76.8 Å². The standard InChI is InChI=1S/C21H20N2O2S/c1-15-19(26-21(23-15)17-6-4-3-5-7-17)14-22-20(24)13-10-16-8-11-18(25-2)12-9-16/h3-13H,14H2,1-2H3,(H,22,24)/b13-10+. The van der Waals surface area contributed by atoms with Gasteiger partial charge in [0, 0.05) is 16.5 Å². The zero-order valence-corrected chi connectivity index (χ0v) is 15.5. The molecule has 0 saturated carbocycles. The lowest BCUT2D eigenvalue weighted by atomic mass is 10.2. The van der Waals surface area contributed by atoms with Crippen molar-refractivity contribution in [2.45, 2.75) is 13.5 Å². The fourth-order valence-corrected chi connectivity index (χ4v) is 3.42. The third-order valence-electron chi connectivity index (χ3n) is 3.88. The van der Waals surface area contributed by atoms with Crippen LogP contribution in [0, 0.1) is 6.92 Å². The number of nitrogens with zero attached hydrogens (tertiary/aromatic N) is 1. The predicted molar refractivity (Wildman–Crippen MR) is 106 cm³/mol. The van der Waals surface area contributed by atoms with E-state index in [9.17, 15) is 4.79 Å². The summed E-state index contributed by atoms with van der Waals surface area (Å²) in [7, 11) is 1.63. The van der Waals surface area contributed by atoms with E-state index in [4.69, 9.17) is 4.74 Å². The number of hydrogen-bond acceptors (Lipinski definition) is 4. The van der Waals surface area contributed by atoms with Gasteiger partial charge in [-0.05, 0) is 30.7 Å². The second-order valence-electron chi connectivity index (χ2n) is 5.72. The van der Waals surface area contributed by atoms with Crippen LogP contribution >= 0.6 is 11.3 Å². The summed E-state index contributed by atoms with van der Waals surface area (Å²) in [4.78, 5) is 17.7. The van der Waals surface area contributed by atoms with Crippen molar-refractivity contribution in [2.24, 2.45) is 0 Å². The van der Waals surface area contributed by atoms with Gasteiger partial charge in [0.2, 0.25) is 5.91 Å². The second kappa shape index (κ2) is 8.45. The van der Waals surface area contributed by atoms with E-state index >= 15 is 0 Å². The number of ether oxygens (including phenoxy) is 1. The fourth-order valence-electron chi connectivity index (χ4n) is 2.41. The Hall–Kier alpha value is -2.92. The molecule has 0 aliphatic carbocycles. The zero-order valence-electron chi connectivity index (χ0n) is 14.7. The minimum absolute atomic E-state index is 0.130. The van der Waals surface area contributed by atoms with Gasteiger partial charge in [-0.15, -0.1) is 11.3 Å². The van der Waals surface area contributed by atoms with Gasteiger partial charge < -0.3 is 10.1 Å². The minimum Gasteiger partial charge on any atom is -0.497 e. The van der Waals surface area contributed by atoms with Crippen molar-refractivity contribution in [1.29, 1.82) is 0 Å². The summed E-state index contributed by atoms with van der Waals surface area (Å²) < 4.78 is 5.12. The van der Waals surface area contributed by atoms with Gasteiger partial charge in [-0.1, -0.05) is 42.5 Å². The maximum absolute atomic E-state index is 12.1. The minimum atomic E-state index is -0.130. The van der Waals surface area contributed by atoms with E-state index in [0.29, 0.717) is 6.54 Å². The van der Waals surface area contributed by atoms with Crippen molar-refractivity contribution in [1.82, 2.24) is 10.3 Å². The van der Waals surface area contributed by atoms with E-state index in [0.717, 1.165) is 32.5 Å². The van der Waals surface area contributed by atoms with Gasteiger partial charge in [0.25, 0.3) is 0 Å². The predicted octanol–water partition coefficient (Wildman–Crippen LogP) is 4.46. The molecule has 2 aromatic carbocycles. The molecule has 26 heavy (non-hydrogen) atoms. The van der Waals surface area contributed by atoms with Crippen LogP contribution in [0.25, 0.3) is 16.6 Å². The first-order valence-corrected chi connectivity index (χ1v) is 9.09. The monoisotopic (exact) mass is 364 g/mol. The molecule has 3 rings (SSSR count). The zero-order chi connectivity index (χ0) is 18.4. The lowest BCUT2D eigenvalue weighted by Crippen LogP contribution is -2.20. The normalized spacial score (nSPS) is 10.8. The SMILES string of the molecule is COc1ccc(/C=C/C(=O)NCc2sc(-c3ccccc3)nc2C)cc1.